The van der Waals surface area contributed by atoms with E-state index in [1.807, 2.05) is 0 Å². The molecule has 0 unspecified atom stereocenters. The number of hydrogen-bond acceptors (Lipinski definition) is 5. The van der Waals surface area contributed by atoms with Crippen LogP contribution in [0.3, 0.4) is 0 Å². The normalized spacial score (nSPS) is 12.6. The average molecular weight is 284 g/mol. The molecule has 11 nitrogen and oxygen atoms in total. The molecule has 0 aromatic rings. The maximum atomic E-state index is 10.4. The van der Waals surface area contributed by atoms with Crippen molar-refractivity contribution >= 4 is 42.3 Å². The van der Waals surface area contributed by atoms with Crippen molar-refractivity contribution in [3.05, 3.63) is 0 Å². The summed E-state index contributed by atoms with van der Waals surface area (Å²) in [4.78, 5) is 40.2. The van der Waals surface area contributed by atoms with Gasteiger partial charge in [0.05, 0.1) is 0 Å². The van der Waals surface area contributed by atoms with Crippen molar-refractivity contribution in [1.29, 1.82) is 0 Å². The van der Waals surface area contributed by atoms with E-state index in [-0.39, 0.29) is 24.3 Å². The first-order chi connectivity index (χ1) is 5.41. The standard InChI is InChI=1S/Li.H5O10P3.H2O.H/c;1-11(2,3)9-13(7,8)10-12(4,5)6;;/h;(H,7,8)(H2,1,2,3)(H2,4,5,6);1H2;. The molecule has 0 saturated heterocycles. The van der Waals surface area contributed by atoms with Crippen molar-refractivity contribution in [2.24, 2.45) is 0 Å². The zero-order valence-corrected chi connectivity index (χ0v) is 8.80. The quantitative estimate of drug-likeness (QED) is 0.279. The molecular formula is H8LiO11P3. The molecule has 0 radical (unpaired) electrons. The van der Waals surface area contributed by atoms with Crippen LogP contribution in [-0.4, -0.2) is 48.8 Å². The van der Waals surface area contributed by atoms with Crippen LogP contribution >= 0.6 is 23.5 Å². The number of rotatable bonds is 4. The van der Waals surface area contributed by atoms with E-state index in [2.05, 4.69) is 8.62 Å². The van der Waals surface area contributed by atoms with Gasteiger partial charge in [0, 0.05) is 0 Å². The molecule has 0 rings (SSSR count). The van der Waals surface area contributed by atoms with Crippen molar-refractivity contribution in [3.63, 3.8) is 0 Å². The van der Waals surface area contributed by atoms with Gasteiger partial charge in [-0.2, -0.15) is 8.62 Å². The first kappa shape index (κ1) is 21.3. The molecule has 0 spiro atoms. The van der Waals surface area contributed by atoms with Gasteiger partial charge >= 0.3 is 42.3 Å². The van der Waals surface area contributed by atoms with Crippen LogP contribution in [0.15, 0.2) is 0 Å². The van der Waals surface area contributed by atoms with Crippen LogP contribution < -0.4 is 0 Å². The van der Waals surface area contributed by atoms with E-state index in [1.165, 1.54) is 0 Å². The van der Waals surface area contributed by atoms with Crippen LogP contribution in [0.4, 0.5) is 0 Å². The zero-order chi connectivity index (χ0) is 10.9. The van der Waals surface area contributed by atoms with E-state index in [1.54, 1.807) is 0 Å². The monoisotopic (exact) mass is 284 g/mol. The third kappa shape index (κ3) is 15.0. The maximum absolute atomic E-state index is 10.4. The number of hydrogen-bond donors (Lipinski definition) is 5. The Morgan fingerprint density at radius 3 is 1.07 bits per heavy atom. The van der Waals surface area contributed by atoms with Crippen molar-refractivity contribution < 1.29 is 52.3 Å². The van der Waals surface area contributed by atoms with E-state index in [4.69, 9.17) is 24.5 Å². The summed E-state index contributed by atoms with van der Waals surface area (Å²) in [6, 6.07) is 0. The molecule has 15 heavy (non-hydrogen) atoms. The summed E-state index contributed by atoms with van der Waals surface area (Å²) in [5, 5.41) is 0. The van der Waals surface area contributed by atoms with E-state index in [9.17, 15) is 13.7 Å². The van der Waals surface area contributed by atoms with E-state index >= 15 is 0 Å². The molecular weight excluding hydrogens is 276 g/mol. The average Bonchev–Trinajstić information content (AvgIpc) is 1.43. The van der Waals surface area contributed by atoms with Crippen LogP contribution in [0.2, 0.25) is 0 Å². The summed E-state index contributed by atoms with van der Waals surface area (Å²) in [5.41, 5.74) is 0. The van der Waals surface area contributed by atoms with Gasteiger partial charge < -0.3 is 29.9 Å². The fourth-order valence-corrected chi connectivity index (χ4v) is 2.82. The Balaban J connectivity index is -0.000000720. The van der Waals surface area contributed by atoms with Crippen LogP contribution in [0.25, 0.3) is 0 Å². The van der Waals surface area contributed by atoms with Crippen molar-refractivity contribution in [2.75, 3.05) is 0 Å². The van der Waals surface area contributed by atoms with Gasteiger partial charge in [0.25, 0.3) is 0 Å². The van der Waals surface area contributed by atoms with Gasteiger partial charge in [0.15, 0.2) is 0 Å². The van der Waals surface area contributed by atoms with E-state index < -0.39 is 23.5 Å². The fourth-order valence-electron chi connectivity index (χ4n) is 0.284. The molecule has 0 saturated carbocycles. The van der Waals surface area contributed by atoms with Gasteiger partial charge in [-0.15, -0.1) is 0 Å². The molecule has 0 fully saturated rings. The summed E-state index contributed by atoms with van der Waals surface area (Å²) < 4.78 is 36.4. The second kappa shape index (κ2) is 6.64. The van der Waals surface area contributed by atoms with Crippen LogP contribution in [-0.2, 0) is 22.3 Å². The Bertz CT molecular complexity index is 278. The van der Waals surface area contributed by atoms with Crippen molar-refractivity contribution in [1.82, 2.24) is 0 Å². The minimum atomic E-state index is -5.46. The fraction of sp³-hybridized carbons (Fsp3) is 0. The summed E-state index contributed by atoms with van der Waals surface area (Å²) in [5.74, 6) is 0. The topological polar surface area (TPSA) is 202 Å². The summed E-state index contributed by atoms with van der Waals surface area (Å²) in [6.07, 6.45) is 0. The molecule has 0 aliphatic rings. The van der Waals surface area contributed by atoms with Crippen LogP contribution in [0.5, 0.6) is 0 Å². The van der Waals surface area contributed by atoms with Gasteiger partial charge in [-0.05, 0) is 0 Å². The molecule has 0 aromatic carbocycles. The molecule has 0 bridgehead atoms. The molecule has 15 heteroatoms. The molecule has 0 aromatic heterocycles. The Morgan fingerprint density at radius 1 is 0.733 bits per heavy atom. The molecule has 0 aliphatic heterocycles. The Morgan fingerprint density at radius 2 is 0.933 bits per heavy atom. The van der Waals surface area contributed by atoms with E-state index in [0.717, 1.165) is 0 Å². The van der Waals surface area contributed by atoms with Crippen LogP contribution in [0, 0.1) is 0 Å². The predicted octanol–water partition coefficient (Wildman–Crippen LogP) is -2.17. The zero-order valence-electron chi connectivity index (χ0n) is 6.12. The molecule has 90 valence electrons. The molecule has 7 N–H and O–H groups in total. The molecule has 0 aliphatic carbocycles. The Kier molecular flexibility index (Phi) is 9.42. The third-order valence-electron chi connectivity index (χ3n) is 0.419. The first-order valence-electron chi connectivity index (χ1n) is 2.28. The Hall–Kier alpha value is 0.967. The van der Waals surface area contributed by atoms with Gasteiger partial charge in [0.2, 0.25) is 0 Å². The Labute approximate surface area is 95.0 Å². The van der Waals surface area contributed by atoms with Crippen molar-refractivity contribution in [2.45, 2.75) is 0 Å². The summed E-state index contributed by atoms with van der Waals surface area (Å²) in [7, 11) is -16.2. The minimum absolute atomic E-state index is 0. The van der Waals surface area contributed by atoms with Gasteiger partial charge in [-0.25, -0.2) is 13.7 Å². The summed E-state index contributed by atoms with van der Waals surface area (Å²) >= 11 is 0. The van der Waals surface area contributed by atoms with E-state index in [0.29, 0.717) is 0 Å². The van der Waals surface area contributed by atoms with Crippen molar-refractivity contribution in [3.8, 4) is 0 Å². The molecule has 0 amide bonds. The second-order valence-corrected chi connectivity index (χ2v) is 5.82. The summed E-state index contributed by atoms with van der Waals surface area (Å²) in [6.45, 7) is 0. The van der Waals surface area contributed by atoms with Gasteiger partial charge in [-0.1, -0.05) is 0 Å². The van der Waals surface area contributed by atoms with Gasteiger partial charge in [-0.3, -0.25) is 0 Å². The van der Waals surface area contributed by atoms with Gasteiger partial charge in [0.1, 0.15) is 0 Å². The predicted molar refractivity (Wildman–Crippen MR) is 46.8 cm³/mol. The third-order valence-corrected chi connectivity index (χ3v) is 3.77. The molecule has 0 atom stereocenters. The van der Waals surface area contributed by atoms with Crippen LogP contribution in [0.1, 0.15) is 0 Å². The SMILES string of the molecule is O.O=P(O)(O)OP(=O)(O)OP(=O)(O)O.[LiH]. The number of phosphoric acid groups is 3. The first-order valence-corrected chi connectivity index (χ1v) is 6.83. The second-order valence-electron chi connectivity index (χ2n) is 1.61. The molecule has 0 heterocycles.